The number of thiophene rings is 1. The molecule has 1 fully saturated rings. The molecule has 4 aromatic rings. The minimum absolute atomic E-state index is 0.0180. The van der Waals surface area contributed by atoms with Crippen LogP contribution in [0.5, 0.6) is 0 Å². The monoisotopic (exact) mass is 556 g/mol. The van der Waals surface area contributed by atoms with E-state index in [2.05, 4.69) is 4.98 Å². The van der Waals surface area contributed by atoms with Crippen molar-refractivity contribution in [1.82, 2.24) is 19.1 Å². The number of nitrogens with zero attached hydrogens (tertiary/aromatic N) is 4. The van der Waals surface area contributed by atoms with E-state index in [4.69, 9.17) is 11.6 Å². The maximum absolute atomic E-state index is 13.6. The number of carbonyl (C=O) groups is 2. The molecule has 192 valence electrons. The number of benzene rings is 2. The Balaban J connectivity index is 1.44. The molecule has 1 atom stereocenters. The molecule has 0 radical (unpaired) electrons. The van der Waals surface area contributed by atoms with E-state index in [0.717, 1.165) is 21.0 Å². The number of hydrogen-bond donors (Lipinski definition) is 0. The molecule has 0 N–H and O–H groups in total. The Bertz CT molecular complexity index is 1590. The zero-order chi connectivity index (χ0) is 26.3. The first-order chi connectivity index (χ1) is 17.6. The third kappa shape index (κ3) is 5.06. The highest BCUT2D eigenvalue weighted by Gasteiger charge is 2.38. The van der Waals surface area contributed by atoms with Gasteiger partial charge in [0.25, 0.3) is 5.91 Å². The fraction of sp³-hybridized carbons (Fsp3) is 0.269. The first-order valence-corrected chi connectivity index (χ1v) is 14.3. The summed E-state index contributed by atoms with van der Waals surface area (Å²) in [5.41, 5.74) is 0.732. The summed E-state index contributed by atoms with van der Waals surface area (Å²) in [5.74, 6) is -0.401. The van der Waals surface area contributed by atoms with E-state index in [-0.39, 0.29) is 42.8 Å². The normalized spacial score (nSPS) is 16.8. The number of pyridine rings is 1. The molecule has 0 saturated carbocycles. The summed E-state index contributed by atoms with van der Waals surface area (Å²) in [5, 5.41) is 2.18. The number of hydrogen-bond acceptors (Lipinski definition) is 6. The first kappa shape index (κ1) is 25.6. The molecule has 37 heavy (non-hydrogen) atoms. The predicted molar refractivity (Wildman–Crippen MR) is 145 cm³/mol. The quantitative estimate of drug-likeness (QED) is 0.369. The smallest absolute Gasteiger partial charge is 0.264 e. The van der Waals surface area contributed by atoms with Crippen LogP contribution in [-0.4, -0.2) is 79.1 Å². The molecule has 5 rings (SSSR count). The van der Waals surface area contributed by atoms with E-state index < -0.39 is 16.1 Å². The second kappa shape index (κ2) is 10.0. The third-order valence-electron chi connectivity index (χ3n) is 6.53. The van der Waals surface area contributed by atoms with E-state index in [9.17, 15) is 18.0 Å². The minimum Gasteiger partial charge on any atom is -0.349 e. The summed E-state index contributed by atoms with van der Waals surface area (Å²) in [6, 6.07) is 15.1. The third-order valence-corrected chi connectivity index (χ3v) is 9.70. The van der Waals surface area contributed by atoms with Crippen LogP contribution in [-0.2, 0) is 14.8 Å². The summed E-state index contributed by atoms with van der Waals surface area (Å²) in [7, 11) is -0.569. The van der Waals surface area contributed by atoms with Crippen molar-refractivity contribution >= 4 is 65.8 Å². The van der Waals surface area contributed by atoms with Crippen LogP contribution in [0.4, 0.5) is 0 Å². The fourth-order valence-corrected chi connectivity index (χ4v) is 7.15. The van der Waals surface area contributed by atoms with Gasteiger partial charge in [-0.25, -0.2) is 8.42 Å². The van der Waals surface area contributed by atoms with Crippen LogP contribution in [0.3, 0.4) is 0 Å². The number of rotatable bonds is 5. The summed E-state index contributed by atoms with van der Waals surface area (Å²) in [4.78, 5) is 34.3. The van der Waals surface area contributed by atoms with Gasteiger partial charge in [-0.1, -0.05) is 23.7 Å². The van der Waals surface area contributed by atoms with Crippen LogP contribution in [0.25, 0.3) is 21.0 Å². The molecular formula is C26H25ClN4O4S2. The molecule has 1 saturated heterocycles. The van der Waals surface area contributed by atoms with Gasteiger partial charge in [-0.15, -0.1) is 11.3 Å². The van der Waals surface area contributed by atoms with Gasteiger partial charge in [0.05, 0.1) is 26.0 Å². The number of amides is 2. The summed E-state index contributed by atoms with van der Waals surface area (Å²) in [6.07, 6.45) is 1.69. The number of carbonyl (C=O) groups excluding carboxylic acids is 2. The Kier molecular flexibility index (Phi) is 6.93. The van der Waals surface area contributed by atoms with Crippen molar-refractivity contribution < 1.29 is 18.0 Å². The summed E-state index contributed by atoms with van der Waals surface area (Å²) in [6.45, 7) is 0.326. The number of halogens is 1. The lowest BCUT2D eigenvalue weighted by atomic mass is 10.1. The highest BCUT2D eigenvalue weighted by molar-refractivity contribution is 7.89. The largest absolute Gasteiger partial charge is 0.349 e. The second-order valence-electron chi connectivity index (χ2n) is 9.16. The molecule has 0 bridgehead atoms. The van der Waals surface area contributed by atoms with Crippen LogP contribution in [0, 0.1) is 0 Å². The Morgan fingerprint density at radius 1 is 1.08 bits per heavy atom. The van der Waals surface area contributed by atoms with E-state index in [1.165, 1.54) is 20.5 Å². The van der Waals surface area contributed by atoms with Crippen molar-refractivity contribution in [2.24, 2.45) is 0 Å². The molecule has 2 amide bonds. The number of piperazine rings is 1. The lowest BCUT2D eigenvalue weighted by Gasteiger charge is -2.40. The Morgan fingerprint density at radius 3 is 2.59 bits per heavy atom. The minimum atomic E-state index is -3.86. The lowest BCUT2D eigenvalue weighted by Crippen LogP contribution is -2.57. The maximum atomic E-state index is 13.6. The molecule has 1 unspecified atom stereocenters. The molecule has 11 heteroatoms. The van der Waals surface area contributed by atoms with E-state index in [1.807, 2.05) is 12.1 Å². The molecule has 2 aromatic carbocycles. The van der Waals surface area contributed by atoms with Gasteiger partial charge in [-0.05, 0) is 53.2 Å². The average molecular weight is 557 g/mol. The molecule has 0 aliphatic carbocycles. The lowest BCUT2D eigenvalue weighted by molar-refractivity contribution is -0.130. The highest BCUT2D eigenvalue weighted by Crippen LogP contribution is 2.29. The van der Waals surface area contributed by atoms with Gasteiger partial charge in [-0.3, -0.25) is 14.6 Å². The predicted octanol–water partition coefficient (Wildman–Crippen LogP) is 4.10. The van der Waals surface area contributed by atoms with Crippen LogP contribution < -0.4 is 0 Å². The standard InChI is InChI=1S/C26H25ClN4O4S2/c1-29(2)25(32)14-20-16-30(37(34,35)21-8-6-17-12-19(27)7-5-18(17)13-21)10-11-31(20)26(33)24-15-22-23(36-24)4-3-9-28-22/h3-9,12-13,15,20H,10-11,14,16H2,1-2H3. The summed E-state index contributed by atoms with van der Waals surface area (Å²) >= 11 is 7.41. The molecule has 8 nitrogen and oxygen atoms in total. The van der Waals surface area contributed by atoms with Crippen LogP contribution in [0.2, 0.25) is 5.02 Å². The van der Waals surface area contributed by atoms with Crippen molar-refractivity contribution in [2.75, 3.05) is 33.7 Å². The summed E-state index contributed by atoms with van der Waals surface area (Å²) < 4.78 is 29.5. The van der Waals surface area contributed by atoms with E-state index >= 15 is 0 Å². The van der Waals surface area contributed by atoms with Crippen molar-refractivity contribution in [2.45, 2.75) is 17.4 Å². The highest BCUT2D eigenvalue weighted by atomic mass is 35.5. The molecule has 2 aromatic heterocycles. The van der Waals surface area contributed by atoms with Gasteiger partial charge in [0.1, 0.15) is 0 Å². The molecular weight excluding hydrogens is 532 g/mol. The van der Waals surface area contributed by atoms with E-state index in [0.29, 0.717) is 9.90 Å². The van der Waals surface area contributed by atoms with Crippen LogP contribution >= 0.6 is 22.9 Å². The van der Waals surface area contributed by atoms with Gasteiger partial charge in [-0.2, -0.15) is 4.31 Å². The average Bonchev–Trinajstić information content (AvgIpc) is 3.32. The molecule has 1 aliphatic heterocycles. The zero-order valence-electron chi connectivity index (χ0n) is 20.3. The van der Waals surface area contributed by atoms with Gasteiger partial charge in [0.15, 0.2) is 0 Å². The van der Waals surface area contributed by atoms with Gasteiger partial charge in [0, 0.05) is 51.4 Å². The SMILES string of the molecule is CN(C)C(=O)CC1CN(S(=O)(=O)c2ccc3cc(Cl)ccc3c2)CCN1C(=O)c1cc2ncccc2s1. The van der Waals surface area contributed by atoms with Crippen molar-refractivity contribution in [1.29, 1.82) is 0 Å². The Hall–Kier alpha value is -3.05. The van der Waals surface area contributed by atoms with Gasteiger partial charge >= 0.3 is 0 Å². The number of aromatic nitrogens is 1. The van der Waals surface area contributed by atoms with Gasteiger partial charge in [0.2, 0.25) is 15.9 Å². The Morgan fingerprint density at radius 2 is 1.84 bits per heavy atom. The molecule has 0 spiro atoms. The Labute approximate surface area is 224 Å². The topological polar surface area (TPSA) is 90.9 Å². The van der Waals surface area contributed by atoms with Crippen molar-refractivity contribution in [3.8, 4) is 0 Å². The number of fused-ring (bicyclic) bond motifs is 2. The zero-order valence-corrected chi connectivity index (χ0v) is 22.7. The first-order valence-electron chi connectivity index (χ1n) is 11.7. The van der Waals surface area contributed by atoms with Crippen molar-refractivity contribution in [3.05, 3.63) is 70.7 Å². The second-order valence-corrected chi connectivity index (χ2v) is 12.6. The fourth-order valence-electron chi connectivity index (χ4n) is 4.49. The van der Waals surface area contributed by atoms with E-state index in [1.54, 1.807) is 67.7 Å². The molecule has 3 heterocycles. The maximum Gasteiger partial charge on any atom is 0.264 e. The number of sulfonamides is 1. The molecule has 1 aliphatic rings. The van der Waals surface area contributed by atoms with Crippen molar-refractivity contribution in [3.63, 3.8) is 0 Å². The van der Waals surface area contributed by atoms with Gasteiger partial charge < -0.3 is 9.80 Å². The van der Waals surface area contributed by atoms with Crippen LogP contribution in [0.1, 0.15) is 16.1 Å². The van der Waals surface area contributed by atoms with Crippen LogP contribution in [0.15, 0.2) is 65.7 Å².